The molecule has 0 aromatic heterocycles. The SMILES string of the molecule is CC(C)CC(C(=O)O)N1C(=O)C(=Cc2ccc3c(c2)OCO3)SC1=S. The van der Waals surface area contributed by atoms with Gasteiger partial charge in [-0.05, 0) is 36.1 Å². The molecule has 0 bridgehead atoms. The Kier molecular flexibility index (Phi) is 5.01. The van der Waals surface area contributed by atoms with E-state index >= 15 is 0 Å². The highest BCUT2D eigenvalue weighted by Gasteiger charge is 2.40. The van der Waals surface area contributed by atoms with Crippen LogP contribution in [0.25, 0.3) is 6.08 Å². The zero-order valence-corrected chi connectivity index (χ0v) is 15.4. The number of amides is 1. The molecule has 1 unspecified atom stereocenters. The highest BCUT2D eigenvalue weighted by atomic mass is 32.2. The van der Waals surface area contributed by atoms with Crippen molar-refractivity contribution in [1.29, 1.82) is 0 Å². The molecule has 1 N–H and O–H groups in total. The number of hydrogen-bond donors (Lipinski definition) is 1. The van der Waals surface area contributed by atoms with Crippen molar-refractivity contribution < 1.29 is 24.2 Å². The molecule has 0 aliphatic carbocycles. The molecule has 3 rings (SSSR count). The second-order valence-electron chi connectivity index (χ2n) is 6.15. The number of aliphatic carboxylic acids is 1. The molecule has 8 heteroatoms. The fourth-order valence-corrected chi connectivity index (χ4v) is 4.02. The summed E-state index contributed by atoms with van der Waals surface area (Å²) in [4.78, 5) is 25.9. The molecule has 1 saturated heterocycles. The summed E-state index contributed by atoms with van der Waals surface area (Å²) in [6, 6.07) is 4.41. The van der Waals surface area contributed by atoms with Crippen molar-refractivity contribution >= 4 is 46.3 Å². The van der Waals surface area contributed by atoms with Gasteiger partial charge in [0.1, 0.15) is 10.4 Å². The molecule has 25 heavy (non-hydrogen) atoms. The van der Waals surface area contributed by atoms with Gasteiger partial charge in [-0.25, -0.2) is 4.79 Å². The number of hydrogen-bond acceptors (Lipinski definition) is 6. The Balaban J connectivity index is 1.86. The fraction of sp³-hybridized carbons (Fsp3) is 0.353. The minimum atomic E-state index is -1.05. The van der Waals surface area contributed by atoms with Crippen molar-refractivity contribution in [2.45, 2.75) is 26.3 Å². The molecule has 132 valence electrons. The summed E-state index contributed by atoms with van der Waals surface area (Å²) in [6.07, 6.45) is 2.04. The largest absolute Gasteiger partial charge is 0.480 e. The fourth-order valence-electron chi connectivity index (χ4n) is 2.67. The predicted octanol–water partition coefficient (Wildman–Crippen LogP) is 3.12. The van der Waals surface area contributed by atoms with E-state index in [0.29, 0.717) is 22.8 Å². The highest BCUT2D eigenvalue weighted by molar-refractivity contribution is 8.26. The number of benzene rings is 1. The Morgan fingerprint density at radius 1 is 1.40 bits per heavy atom. The third-order valence-electron chi connectivity index (χ3n) is 3.81. The molecule has 2 aliphatic rings. The van der Waals surface area contributed by atoms with Crippen molar-refractivity contribution in [1.82, 2.24) is 4.90 Å². The second-order valence-corrected chi connectivity index (χ2v) is 7.82. The lowest BCUT2D eigenvalue weighted by atomic mass is 10.0. The van der Waals surface area contributed by atoms with E-state index in [1.165, 1.54) is 4.90 Å². The lowest BCUT2D eigenvalue weighted by Gasteiger charge is -2.24. The third-order valence-corrected chi connectivity index (χ3v) is 5.14. The molecule has 0 radical (unpaired) electrons. The molecule has 1 aromatic carbocycles. The predicted molar refractivity (Wildman–Crippen MR) is 98.5 cm³/mol. The average Bonchev–Trinajstić information content (AvgIpc) is 3.10. The van der Waals surface area contributed by atoms with E-state index in [9.17, 15) is 14.7 Å². The van der Waals surface area contributed by atoms with Crippen LogP contribution in [0.5, 0.6) is 11.5 Å². The molecule has 1 fully saturated rings. The number of carbonyl (C=O) groups is 2. The summed E-state index contributed by atoms with van der Waals surface area (Å²) in [6.45, 7) is 4.00. The van der Waals surface area contributed by atoms with Crippen LogP contribution in [0, 0.1) is 5.92 Å². The third kappa shape index (κ3) is 3.64. The van der Waals surface area contributed by atoms with Gasteiger partial charge in [-0.15, -0.1) is 0 Å². The van der Waals surface area contributed by atoms with Gasteiger partial charge >= 0.3 is 5.97 Å². The molecular weight excluding hydrogens is 362 g/mol. The molecule has 2 heterocycles. The van der Waals surface area contributed by atoms with E-state index in [4.69, 9.17) is 21.7 Å². The van der Waals surface area contributed by atoms with Gasteiger partial charge in [0.15, 0.2) is 11.5 Å². The number of carboxylic acids is 1. The summed E-state index contributed by atoms with van der Waals surface area (Å²) in [7, 11) is 0. The summed E-state index contributed by atoms with van der Waals surface area (Å²) in [5.41, 5.74) is 0.764. The van der Waals surface area contributed by atoms with E-state index in [2.05, 4.69) is 0 Å². The van der Waals surface area contributed by atoms with Crippen molar-refractivity contribution in [3.05, 3.63) is 28.7 Å². The first-order chi connectivity index (χ1) is 11.9. The molecule has 1 atom stereocenters. The normalized spacial score (nSPS) is 19.2. The van der Waals surface area contributed by atoms with E-state index in [1.54, 1.807) is 18.2 Å². The Labute approximate surface area is 154 Å². The number of nitrogens with zero attached hydrogens (tertiary/aromatic N) is 1. The Hall–Kier alpha value is -2.06. The van der Waals surface area contributed by atoms with E-state index in [-0.39, 0.29) is 22.9 Å². The van der Waals surface area contributed by atoms with Gasteiger partial charge in [-0.1, -0.05) is 43.9 Å². The van der Waals surface area contributed by atoms with E-state index in [0.717, 1.165) is 17.3 Å². The minimum absolute atomic E-state index is 0.128. The second kappa shape index (κ2) is 7.05. The summed E-state index contributed by atoms with van der Waals surface area (Å²) >= 11 is 6.37. The summed E-state index contributed by atoms with van der Waals surface area (Å²) in [5.74, 6) is -0.0151. The van der Waals surface area contributed by atoms with Crippen LogP contribution in [0.4, 0.5) is 0 Å². The number of rotatable bonds is 5. The van der Waals surface area contributed by atoms with Crippen LogP contribution in [0.15, 0.2) is 23.1 Å². The average molecular weight is 379 g/mol. The smallest absolute Gasteiger partial charge is 0.326 e. The van der Waals surface area contributed by atoms with Gasteiger partial charge in [0.25, 0.3) is 5.91 Å². The van der Waals surface area contributed by atoms with Crippen LogP contribution in [0.2, 0.25) is 0 Å². The van der Waals surface area contributed by atoms with Gasteiger partial charge < -0.3 is 14.6 Å². The van der Waals surface area contributed by atoms with Crippen molar-refractivity contribution in [3.8, 4) is 11.5 Å². The van der Waals surface area contributed by atoms with Gasteiger partial charge in [-0.2, -0.15) is 0 Å². The Morgan fingerprint density at radius 2 is 2.12 bits per heavy atom. The first kappa shape index (κ1) is 17.8. The first-order valence-electron chi connectivity index (χ1n) is 7.76. The maximum atomic E-state index is 12.7. The standard InChI is InChI=1S/C17H17NO5S2/c1-9(2)5-11(16(20)21)18-15(19)14(25-17(18)24)7-10-3-4-12-13(6-10)23-8-22-12/h3-4,6-7,9,11H,5,8H2,1-2H3,(H,20,21). The van der Waals surface area contributed by atoms with E-state index in [1.807, 2.05) is 19.9 Å². The number of carboxylic acid groups (broad SMARTS) is 1. The summed E-state index contributed by atoms with van der Waals surface area (Å²) < 4.78 is 10.9. The monoisotopic (exact) mass is 379 g/mol. The molecule has 0 spiro atoms. The van der Waals surface area contributed by atoms with Gasteiger partial charge in [0.05, 0.1) is 4.91 Å². The number of thioether (sulfide) groups is 1. The van der Waals surface area contributed by atoms with Crippen LogP contribution in [-0.2, 0) is 9.59 Å². The molecule has 6 nitrogen and oxygen atoms in total. The van der Waals surface area contributed by atoms with Crippen LogP contribution in [0.1, 0.15) is 25.8 Å². The van der Waals surface area contributed by atoms with Gasteiger partial charge in [0, 0.05) is 0 Å². The number of thiocarbonyl (C=S) groups is 1. The van der Waals surface area contributed by atoms with Crippen molar-refractivity contribution in [3.63, 3.8) is 0 Å². The first-order valence-corrected chi connectivity index (χ1v) is 8.99. The molecule has 2 aliphatic heterocycles. The summed E-state index contributed by atoms with van der Waals surface area (Å²) in [5, 5.41) is 9.49. The molecule has 1 amide bonds. The van der Waals surface area contributed by atoms with Crippen LogP contribution in [0.3, 0.4) is 0 Å². The lowest BCUT2D eigenvalue weighted by molar-refractivity contribution is -0.145. The zero-order valence-electron chi connectivity index (χ0n) is 13.7. The van der Waals surface area contributed by atoms with Gasteiger partial charge in [0.2, 0.25) is 6.79 Å². The zero-order chi connectivity index (χ0) is 18.1. The maximum Gasteiger partial charge on any atom is 0.326 e. The Bertz CT molecular complexity index is 774. The van der Waals surface area contributed by atoms with Crippen LogP contribution < -0.4 is 9.47 Å². The topological polar surface area (TPSA) is 76.1 Å². The molecule has 1 aromatic rings. The number of ether oxygens (including phenoxy) is 2. The lowest BCUT2D eigenvalue weighted by Crippen LogP contribution is -2.44. The molecular formula is C17H17NO5S2. The Morgan fingerprint density at radius 3 is 2.80 bits per heavy atom. The van der Waals surface area contributed by atoms with Crippen LogP contribution in [-0.4, -0.2) is 39.0 Å². The number of fused-ring (bicyclic) bond motifs is 1. The van der Waals surface area contributed by atoms with Crippen molar-refractivity contribution in [2.24, 2.45) is 5.92 Å². The van der Waals surface area contributed by atoms with Crippen molar-refractivity contribution in [2.75, 3.05) is 6.79 Å². The van der Waals surface area contributed by atoms with Crippen LogP contribution >= 0.6 is 24.0 Å². The molecule has 0 saturated carbocycles. The quantitative estimate of drug-likeness (QED) is 0.622. The van der Waals surface area contributed by atoms with E-state index < -0.39 is 12.0 Å². The minimum Gasteiger partial charge on any atom is -0.480 e. The highest BCUT2D eigenvalue weighted by Crippen LogP contribution is 2.37. The maximum absolute atomic E-state index is 12.7. The van der Waals surface area contributed by atoms with Gasteiger partial charge in [-0.3, -0.25) is 9.69 Å². The number of carbonyl (C=O) groups excluding carboxylic acids is 1.